The summed E-state index contributed by atoms with van der Waals surface area (Å²) in [5.74, 6) is -0.784. The third kappa shape index (κ3) is 3.95. The minimum absolute atomic E-state index is 0.0128. The number of thiophene rings is 1. The number of Topliss-reactive ketones (excluding diaryl/α,β-unsaturated/α-hetero) is 1. The fourth-order valence-electron chi connectivity index (χ4n) is 3.22. The van der Waals surface area contributed by atoms with Crippen LogP contribution in [0.25, 0.3) is 0 Å². The Balaban J connectivity index is 2.06. The maximum Gasteiger partial charge on any atom is 0.290 e. The lowest BCUT2D eigenvalue weighted by molar-refractivity contribution is -0.130. The van der Waals surface area contributed by atoms with Crippen LogP contribution in [-0.2, 0) is 9.53 Å². The van der Waals surface area contributed by atoms with Crippen molar-refractivity contribution in [3.63, 3.8) is 0 Å². The number of aliphatic hydroxyl groups excluding tert-OH is 1. The molecule has 6 nitrogen and oxygen atoms in total. The maximum atomic E-state index is 13.1. The molecule has 148 valence electrons. The zero-order valence-electron chi connectivity index (χ0n) is 16.0. The summed E-state index contributed by atoms with van der Waals surface area (Å²) in [7, 11) is 1.54. The first-order valence-electron chi connectivity index (χ1n) is 9.02. The van der Waals surface area contributed by atoms with E-state index in [0.717, 1.165) is 0 Å². The van der Waals surface area contributed by atoms with Gasteiger partial charge in [0.2, 0.25) is 5.78 Å². The molecule has 1 aromatic heterocycles. The van der Waals surface area contributed by atoms with Crippen molar-refractivity contribution >= 4 is 23.0 Å². The van der Waals surface area contributed by atoms with Gasteiger partial charge in [-0.05, 0) is 43.0 Å². The molecule has 1 amide bonds. The Kier molecular flexibility index (Phi) is 6.16. The van der Waals surface area contributed by atoms with Gasteiger partial charge < -0.3 is 19.5 Å². The second kappa shape index (κ2) is 8.58. The average molecular weight is 401 g/mol. The largest absolute Gasteiger partial charge is 0.503 e. The van der Waals surface area contributed by atoms with Gasteiger partial charge in [0.05, 0.1) is 29.2 Å². The van der Waals surface area contributed by atoms with Crippen molar-refractivity contribution in [1.82, 2.24) is 4.90 Å². The number of hydrogen-bond acceptors (Lipinski definition) is 6. The van der Waals surface area contributed by atoms with Gasteiger partial charge in [-0.15, -0.1) is 11.3 Å². The van der Waals surface area contributed by atoms with Gasteiger partial charge in [-0.3, -0.25) is 9.59 Å². The Bertz CT molecular complexity index is 888. The molecule has 2 aromatic rings. The molecule has 0 spiro atoms. The highest BCUT2D eigenvalue weighted by atomic mass is 32.1. The molecule has 3 rings (SSSR count). The fourth-order valence-corrected chi connectivity index (χ4v) is 3.90. The van der Waals surface area contributed by atoms with Crippen LogP contribution in [-0.4, -0.2) is 48.1 Å². The summed E-state index contributed by atoms with van der Waals surface area (Å²) in [6.07, 6.45) is -0.0128. The van der Waals surface area contributed by atoms with Crippen molar-refractivity contribution in [1.29, 1.82) is 0 Å². The monoisotopic (exact) mass is 401 g/mol. The predicted octanol–water partition coefficient (Wildman–Crippen LogP) is 3.76. The molecule has 0 saturated heterocycles. The maximum absolute atomic E-state index is 13.1. The first kappa shape index (κ1) is 20.1. The SMILES string of the molecule is COCCN1C(=O)C(O)=C(C(=O)c2cccs2)C1c1cccc(OC(C)C)c1. The van der Waals surface area contributed by atoms with Gasteiger partial charge in [0.1, 0.15) is 5.75 Å². The van der Waals surface area contributed by atoms with Crippen LogP contribution in [0.5, 0.6) is 5.75 Å². The summed E-state index contributed by atoms with van der Waals surface area (Å²) in [5, 5.41) is 12.3. The first-order valence-corrected chi connectivity index (χ1v) is 9.89. The average Bonchev–Trinajstić information content (AvgIpc) is 3.28. The van der Waals surface area contributed by atoms with E-state index in [9.17, 15) is 14.7 Å². The smallest absolute Gasteiger partial charge is 0.290 e. The van der Waals surface area contributed by atoms with E-state index in [1.807, 2.05) is 32.0 Å². The molecule has 1 aliphatic heterocycles. The van der Waals surface area contributed by atoms with E-state index in [1.165, 1.54) is 23.3 Å². The molecule has 1 N–H and O–H groups in total. The molecule has 0 radical (unpaired) electrons. The molecule has 0 fully saturated rings. The van der Waals surface area contributed by atoms with Crippen LogP contribution < -0.4 is 4.74 Å². The quantitative estimate of drug-likeness (QED) is 0.682. The van der Waals surface area contributed by atoms with Crippen molar-refractivity contribution in [2.45, 2.75) is 26.0 Å². The highest BCUT2D eigenvalue weighted by molar-refractivity contribution is 7.12. The van der Waals surface area contributed by atoms with Gasteiger partial charge in [0.15, 0.2) is 5.76 Å². The van der Waals surface area contributed by atoms with Crippen LogP contribution in [0.4, 0.5) is 0 Å². The molecule has 0 bridgehead atoms. The summed E-state index contributed by atoms with van der Waals surface area (Å²) in [6, 6.07) is 10.0. The molecular formula is C21H23NO5S. The Labute approximate surface area is 168 Å². The summed E-state index contributed by atoms with van der Waals surface area (Å²) in [6.45, 7) is 4.39. The molecule has 1 aliphatic rings. The summed E-state index contributed by atoms with van der Waals surface area (Å²) < 4.78 is 10.9. The number of ether oxygens (including phenoxy) is 2. The third-order valence-electron chi connectivity index (χ3n) is 4.38. The number of carbonyl (C=O) groups is 2. The lowest BCUT2D eigenvalue weighted by Crippen LogP contribution is -2.34. The van der Waals surface area contributed by atoms with E-state index in [4.69, 9.17) is 9.47 Å². The summed E-state index contributed by atoms with van der Waals surface area (Å²) in [5.41, 5.74) is 0.789. The van der Waals surface area contributed by atoms with Crippen molar-refractivity contribution in [2.75, 3.05) is 20.3 Å². The van der Waals surface area contributed by atoms with Crippen LogP contribution in [0.1, 0.15) is 35.1 Å². The Hall–Kier alpha value is -2.64. The van der Waals surface area contributed by atoms with Crippen LogP contribution in [0.2, 0.25) is 0 Å². The summed E-state index contributed by atoms with van der Waals surface area (Å²) in [4.78, 5) is 27.7. The number of ketones is 1. The Morgan fingerprint density at radius 3 is 2.71 bits per heavy atom. The topological polar surface area (TPSA) is 76.1 Å². The Morgan fingerprint density at radius 1 is 1.29 bits per heavy atom. The van der Waals surface area contributed by atoms with Gasteiger partial charge >= 0.3 is 0 Å². The van der Waals surface area contributed by atoms with E-state index >= 15 is 0 Å². The minimum Gasteiger partial charge on any atom is -0.503 e. The summed E-state index contributed by atoms with van der Waals surface area (Å²) >= 11 is 1.28. The predicted molar refractivity (Wildman–Crippen MR) is 107 cm³/mol. The van der Waals surface area contributed by atoms with Crippen molar-refractivity contribution in [2.24, 2.45) is 0 Å². The van der Waals surface area contributed by atoms with Crippen LogP contribution >= 0.6 is 11.3 Å². The van der Waals surface area contributed by atoms with E-state index in [0.29, 0.717) is 16.2 Å². The highest BCUT2D eigenvalue weighted by Crippen LogP contribution is 2.40. The number of hydrogen-bond donors (Lipinski definition) is 1. The molecule has 0 saturated carbocycles. The number of carbonyl (C=O) groups excluding carboxylic acids is 2. The highest BCUT2D eigenvalue weighted by Gasteiger charge is 2.43. The molecule has 1 atom stereocenters. The van der Waals surface area contributed by atoms with E-state index < -0.39 is 17.7 Å². The molecular weight excluding hydrogens is 378 g/mol. The van der Waals surface area contributed by atoms with Gasteiger partial charge in [-0.25, -0.2) is 0 Å². The third-order valence-corrected chi connectivity index (χ3v) is 5.24. The normalized spacial score (nSPS) is 16.9. The van der Waals surface area contributed by atoms with Crippen LogP contribution in [0, 0.1) is 0 Å². The van der Waals surface area contributed by atoms with Crippen LogP contribution in [0.3, 0.4) is 0 Å². The van der Waals surface area contributed by atoms with Gasteiger partial charge in [0, 0.05) is 13.7 Å². The molecule has 28 heavy (non-hydrogen) atoms. The van der Waals surface area contributed by atoms with Crippen LogP contribution in [0.15, 0.2) is 53.1 Å². The zero-order chi connectivity index (χ0) is 20.3. The fraction of sp³-hybridized carbons (Fsp3) is 0.333. The molecule has 2 heterocycles. The van der Waals surface area contributed by atoms with Gasteiger partial charge in [0.25, 0.3) is 5.91 Å². The number of amides is 1. The number of methoxy groups -OCH3 is 1. The van der Waals surface area contributed by atoms with E-state index in [1.54, 1.807) is 23.6 Å². The molecule has 1 aromatic carbocycles. The lowest BCUT2D eigenvalue weighted by atomic mass is 9.95. The minimum atomic E-state index is -0.701. The number of aliphatic hydroxyl groups is 1. The second-order valence-corrected chi connectivity index (χ2v) is 7.65. The first-order chi connectivity index (χ1) is 13.4. The van der Waals surface area contributed by atoms with Gasteiger partial charge in [-0.1, -0.05) is 18.2 Å². The Morgan fingerprint density at radius 2 is 2.07 bits per heavy atom. The zero-order valence-corrected chi connectivity index (χ0v) is 16.9. The number of benzene rings is 1. The standard InChI is InChI=1S/C21H23NO5S/c1-13(2)27-15-7-4-6-14(12-15)18-17(19(23)16-8-5-11-28-16)20(24)21(25)22(18)9-10-26-3/h4-8,11-13,18,24H,9-10H2,1-3H3. The molecule has 7 heteroatoms. The second-order valence-electron chi connectivity index (χ2n) is 6.70. The van der Waals surface area contributed by atoms with E-state index in [-0.39, 0.29) is 30.6 Å². The molecule has 0 aliphatic carbocycles. The number of nitrogens with zero attached hydrogens (tertiary/aromatic N) is 1. The lowest BCUT2D eigenvalue weighted by Gasteiger charge is -2.27. The van der Waals surface area contributed by atoms with E-state index in [2.05, 4.69) is 0 Å². The van der Waals surface area contributed by atoms with Crippen molar-refractivity contribution in [3.05, 3.63) is 63.6 Å². The number of rotatable bonds is 8. The van der Waals surface area contributed by atoms with Crippen molar-refractivity contribution in [3.8, 4) is 5.75 Å². The van der Waals surface area contributed by atoms with Crippen molar-refractivity contribution < 1.29 is 24.2 Å². The molecule has 1 unspecified atom stereocenters. The van der Waals surface area contributed by atoms with Gasteiger partial charge in [-0.2, -0.15) is 0 Å².